The number of methoxy groups -OCH3 is 2. The molecule has 0 aliphatic rings. The molecule has 0 bridgehead atoms. The number of unbranched alkanes of at least 4 members (excludes halogenated alkanes) is 4. The number of quaternary nitrogens is 2. The van der Waals surface area contributed by atoms with Crippen LogP contribution in [0.1, 0.15) is 94.2 Å². The zero-order chi connectivity index (χ0) is 35.7. The minimum absolute atomic E-state index is 0. The summed E-state index contributed by atoms with van der Waals surface area (Å²) >= 11 is 0. The molecule has 0 fully saturated rings. The van der Waals surface area contributed by atoms with Crippen molar-refractivity contribution in [2.45, 2.75) is 113 Å². The maximum atomic E-state index is 13.5. The molecule has 288 valence electrons. The first kappa shape index (κ1) is 46.6. The second kappa shape index (κ2) is 24.0. The predicted molar refractivity (Wildman–Crippen MR) is 202 cm³/mol. The highest BCUT2D eigenvalue weighted by molar-refractivity contribution is 5.26. The van der Waals surface area contributed by atoms with Crippen molar-refractivity contribution in [1.29, 1.82) is 0 Å². The summed E-state index contributed by atoms with van der Waals surface area (Å²) in [7, 11) is 3.51. The minimum Gasteiger partial charge on any atom is -1.00 e. The van der Waals surface area contributed by atoms with Crippen LogP contribution in [0.4, 0.5) is 0 Å². The van der Waals surface area contributed by atoms with Gasteiger partial charge < -0.3 is 43.3 Å². The standard InChI is InChI=1S/C41H66N4O4.2ClH/c1-8-44(9-2,31-36-22-14-16-24-38(36)33-48-6)28-20-12-18-26-42-35(5)30-40(46)43(41(42)47)27-19-13-21-29-45(10-3,11-4)32-37-23-15-17-25-39(37)34-49-7;;/h14-17,22-25,30H,8-13,18-21,26-29,31-34H2,1-7H3;2*1H/q+2;;/p-2. The summed E-state index contributed by atoms with van der Waals surface area (Å²) in [5.41, 5.74) is 5.69. The molecular weight excluding hydrogens is 683 g/mol. The molecule has 0 saturated heterocycles. The molecule has 0 atom stereocenters. The van der Waals surface area contributed by atoms with E-state index in [1.54, 1.807) is 20.3 Å². The molecule has 51 heavy (non-hydrogen) atoms. The van der Waals surface area contributed by atoms with Gasteiger partial charge in [0, 0.05) is 50.2 Å². The molecule has 3 aromatic rings. The average Bonchev–Trinajstić information content (AvgIpc) is 3.11. The third-order valence-corrected chi connectivity index (χ3v) is 11.0. The SMILES string of the molecule is CC[N+](CC)(CCCCCn1c(C)cc(=O)n(CCCCC[N+](CC)(CC)Cc2ccccc2COC)c1=O)Cc1ccccc1COC.[Cl-].[Cl-]. The van der Waals surface area contributed by atoms with Crippen LogP contribution in [-0.4, -0.2) is 71.6 Å². The molecule has 0 saturated carbocycles. The summed E-state index contributed by atoms with van der Waals surface area (Å²) in [5.74, 6) is 0. The van der Waals surface area contributed by atoms with Crippen LogP contribution < -0.4 is 36.1 Å². The Morgan fingerprint density at radius 1 is 0.569 bits per heavy atom. The lowest BCUT2D eigenvalue weighted by atomic mass is 10.1. The van der Waals surface area contributed by atoms with Gasteiger partial charge in [-0.3, -0.25) is 13.9 Å². The van der Waals surface area contributed by atoms with Gasteiger partial charge in [0.15, 0.2) is 0 Å². The van der Waals surface area contributed by atoms with E-state index in [0.717, 1.165) is 106 Å². The maximum absolute atomic E-state index is 13.5. The molecule has 0 aliphatic carbocycles. The van der Waals surface area contributed by atoms with Crippen molar-refractivity contribution in [1.82, 2.24) is 9.13 Å². The largest absolute Gasteiger partial charge is 1.00 e. The van der Waals surface area contributed by atoms with E-state index in [1.165, 1.54) is 26.8 Å². The second-order valence-electron chi connectivity index (χ2n) is 13.9. The fourth-order valence-electron chi connectivity index (χ4n) is 7.41. The summed E-state index contributed by atoms with van der Waals surface area (Å²) in [4.78, 5) is 26.4. The van der Waals surface area contributed by atoms with E-state index in [-0.39, 0.29) is 36.1 Å². The van der Waals surface area contributed by atoms with Crippen LogP contribution in [0, 0.1) is 6.92 Å². The highest BCUT2D eigenvalue weighted by Crippen LogP contribution is 2.22. The number of hydrogen-bond acceptors (Lipinski definition) is 4. The number of halogens is 2. The summed E-state index contributed by atoms with van der Waals surface area (Å²) in [6.45, 7) is 21.9. The molecule has 0 amide bonds. The zero-order valence-electron chi connectivity index (χ0n) is 32.6. The first-order valence-corrected chi connectivity index (χ1v) is 18.8. The minimum atomic E-state index is -0.178. The molecule has 8 nitrogen and oxygen atoms in total. The lowest BCUT2D eigenvalue weighted by molar-refractivity contribution is -0.938. The van der Waals surface area contributed by atoms with Crippen molar-refractivity contribution < 1.29 is 43.3 Å². The number of benzene rings is 2. The van der Waals surface area contributed by atoms with Gasteiger partial charge in [0.2, 0.25) is 0 Å². The molecule has 10 heteroatoms. The number of hydrogen-bond donors (Lipinski definition) is 0. The Balaban J connectivity index is 0.00000650. The summed E-state index contributed by atoms with van der Waals surface area (Å²) in [6, 6.07) is 18.9. The van der Waals surface area contributed by atoms with Gasteiger partial charge in [-0.25, -0.2) is 4.79 Å². The number of rotatable bonds is 24. The van der Waals surface area contributed by atoms with Crippen molar-refractivity contribution in [3.8, 4) is 0 Å². The van der Waals surface area contributed by atoms with Crippen LogP contribution in [0.3, 0.4) is 0 Å². The molecule has 2 aromatic carbocycles. The average molecular weight is 750 g/mol. The number of nitrogens with zero attached hydrogens (tertiary/aromatic N) is 4. The van der Waals surface area contributed by atoms with E-state index < -0.39 is 0 Å². The predicted octanol–water partition coefficient (Wildman–Crippen LogP) is 1.07. The topological polar surface area (TPSA) is 62.5 Å². The van der Waals surface area contributed by atoms with Gasteiger partial charge in [0.05, 0.1) is 52.5 Å². The van der Waals surface area contributed by atoms with Gasteiger partial charge in [0.1, 0.15) is 13.1 Å². The van der Waals surface area contributed by atoms with E-state index in [1.807, 2.05) is 11.5 Å². The van der Waals surface area contributed by atoms with Crippen molar-refractivity contribution in [2.75, 3.05) is 53.5 Å². The normalized spacial score (nSPS) is 11.7. The van der Waals surface area contributed by atoms with E-state index >= 15 is 0 Å². The zero-order valence-corrected chi connectivity index (χ0v) is 34.1. The van der Waals surface area contributed by atoms with Gasteiger partial charge in [0.25, 0.3) is 5.56 Å². The van der Waals surface area contributed by atoms with Gasteiger partial charge in [-0.05, 0) is 84.3 Å². The molecule has 0 radical (unpaired) electrons. The van der Waals surface area contributed by atoms with E-state index in [4.69, 9.17) is 9.47 Å². The first-order valence-electron chi connectivity index (χ1n) is 18.8. The van der Waals surface area contributed by atoms with Gasteiger partial charge in [-0.2, -0.15) is 0 Å². The van der Waals surface area contributed by atoms with Crippen LogP contribution >= 0.6 is 0 Å². The summed E-state index contributed by atoms with van der Waals surface area (Å²) in [5, 5.41) is 0. The second-order valence-corrected chi connectivity index (χ2v) is 13.9. The Morgan fingerprint density at radius 3 is 1.35 bits per heavy atom. The Hall–Kier alpha value is -2.46. The van der Waals surface area contributed by atoms with Crippen molar-refractivity contribution in [3.63, 3.8) is 0 Å². The van der Waals surface area contributed by atoms with Gasteiger partial charge in [-0.15, -0.1) is 0 Å². The van der Waals surface area contributed by atoms with E-state index in [9.17, 15) is 9.59 Å². The Kier molecular flexibility index (Phi) is 21.9. The van der Waals surface area contributed by atoms with Gasteiger partial charge in [-0.1, -0.05) is 48.5 Å². The molecule has 0 aliphatic heterocycles. The van der Waals surface area contributed by atoms with Crippen LogP contribution in [-0.2, 0) is 48.9 Å². The molecular formula is C41H66Cl2N4O4. The quantitative estimate of drug-likeness (QED) is 0.102. The first-order chi connectivity index (χ1) is 23.7. The molecule has 0 spiro atoms. The Morgan fingerprint density at radius 2 is 0.961 bits per heavy atom. The third-order valence-electron chi connectivity index (χ3n) is 11.0. The van der Waals surface area contributed by atoms with Crippen LogP contribution in [0.5, 0.6) is 0 Å². The summed E-state index contributed by atoms with van der Waals surface area (Å²) < 4.78 is 16.3. The maximum Gasteiger partial charge on any atom is 0.331 e. The molecule has 0 N–H and O–H groups in total. The van der Waals surface area contributed by atoms with E-state index in [0.29, 0.717) is 26.3 Å². The van der Waals surface area contributed by atoms with Crippen LogP contribution in [0.25, 0.3) is 0 Å². The monoisotopic (exact) mass is 748 g/mol. The molecule has 0 unspecified atom stereocenters. The van der Waals surface area contributed by atoms with Crippen molar-refractivity contribution >= 4 is 0 Å². The Labute approximate surface area is 320 Å². The lowest BCUT2D eigenvalue weighted by Gasteiger charge is -2.37. The van der Waals surface area contributed by atoms with Crippen molar-refractivity contribution in [3.05, 3.63) is 103 Å². The number of aromatic nitrogens is 2. The fraction of sp³-hybridized carbons (Fsp3) is 0.610. The fourth-order valence-corrected chi connectivity index (χ4v) is 7.41. The highest BCUT2D eigenvalue weighted by Gasteiger charge is 2.26. The van der Waals surface area contributed by atoms with E-state index in [2.05, 4.69) is 76.2 Å². The highest BCUT2D eigenvalue weighted by atomic mass is 35.5. The van der Waals surface area contributed by atoms with Crippen LogP contribution in [0.2, 0.25) is 0 Å². The number of ether oxygens (including phenoxy) is 2. The molecule has 1 aromatic heterocycles. The molecule has 1 heterocycles. The molecule has 3 rings (SSSR count). The van der Waals surface area contributed by atoms with Crippen molar-refractivity contribution in [2.24, 2.45) is 0 Å². The van der Waals surface area contributed by atoms with Gasteiger partial charge >= 0.3 is 5.69 Å². The summed E-state index contributed by atoms with van der Waals surface area (Å²) in [6.07, 6.45) is 5.97. The Bertz CT molecular complexity index is 1530. The van der Waals surface area contributed by atoms with Crippen LogP contribution in [0.15, 0.2) is 64.2 Å². The lowest BCUT2D eigenvalue weighted by Crippen LogP contribution is -3.00. The number of aryl methyl sites for hydroxylation is 1. The third kappa shape index (κ3) is 13.5. The smallest absolute Gasteiger partial charge is 0.331 e.